The topological polar surface area (TPSA) is 63.6 Å². The van der Waals surface area contributed by atoms with Crippen LogP contribution in [0.5, 0.6) is 11.5 Å². The summed E-state index contributed by atoms with van der Waals surface area (Å²) >= 11 is 5.89. The molecule has 0 unspecified atom stereocenters. The van der Waals surface area contributed by atoms with E-state index in [1.165, 1.54) is 0 Å². The van der Waals surface area contributed by atoms with Gasteiger partial charge in [0.1, 0.15) is 11.5 Å². The first-order valence-electron chi connectivity index (χ1n) is 6.45. The van der Waals surface area contributed by atoms with Crippen LogP contribution in [0.2, 0.25) is 5.02 Å². The van der Waals surface area contributed by atoms with Gasteiger partial charge in [-0.05, 0) is 61.0 Å². The molecule has 0 aliphatic carbocycles. The van der Waals surface area contributed by atoms with Crippen LogP contribution in [0.15, 0.2) is 54.6 Å². The van der Waals surface area contributed by atoms with Gasteiger partial charge in [-0.1, -0.05) is 11.6 Å². The number of benzene rings is 2. The third kappa shape index (κ3) is 4.20. The molecule has 2 aromatic carbocycles. The molecule has 0 heterocycles. The predicted molar refractivity (Wildman–Crippen MR) is 83.8 cm³/mol. The van der Waals surface area contributed by atoms with Gasteiger partial charge >= 0.3 is 5.97 Å². The summed E-state index contributed by atoms with van der Waals surface area (Å²) < 4.78 is 5.71. The van der Waals surface area contributed by atoms with Gasteiger partial charge in [0, 0.05) is 16.7 Å². The number of carbonyl (C=O) groups is 2. The number of aryl methyl sites for hydroxylation is 1. The molecule has 4 nitrogen and oxygen atoms in total. The van der Waals surface area contributed by atoms with Crippen LogP contribution in [0.4, 0.5) is 0 Å². The number of hydrogen-bond donors (Lipinski definition) is 1. The first kappa shape index (κ1) is 15.8. The number of rotatable bonds is 5. The smallest absolute Gasteiger partial charge is 0.328 e. The lowest BCUT2D eigenvalue weighted by atomic mass is 10.1. The number of carboxylic acids is 1. The molecular weight excluding hydrogens is 304 g/mol. The van der Waals surface area contributed by atoms with Crippen LogP contribution in [-0.2, 0) is 4.79 Å². The second-order valence-electron chi connectivity index (χ2n) is 4.57. The Labute approximate surface area is 132 Å². The van der Waals surface area contributed by atoms with Crippen LogP contribution in [0.3, 0.4) is 0 Å². The van der Waals surface area contributed by atoms with Crippen molar-refractivity contribution in [1.82, 2.24) is 0 Å². The molecule has 0 aliphatic rings. The van der Waals surface area contributed by atoms with Crippen molar-refractivity contribution in [1.29, 1.82) is 0 Å². The summed E-state index contributed by atoms with van der Waals surface area (Å²) in [6, 6.07) is 11.8. The Bertz CT molecular complexity index is 733. The Kier molecular flexibility index (Phi) is 4.96. The maximum Gasteiger partial charge on any atom is 0.328 e. The average Bonchev–Trinajstić information content (AvgIpc) is 2.48. The number of halogens is 1. The minimum Gasteiger partial charge on any atom is -0.478 e. The zero-order chi connectivity index (χ0) is 16.1. The van der Waals surface area contributed by atoms with E-state index in [2.05, 4.69) is 0 Å². The highest BCUT2D eigenvalue weighted by molar-refractivity contribution is 6.30. The quantitative estimate of drug-likeness (QED) is 0.661. The SMILES string of the molecule is Cc1cc(Cl)ccc1Oc1ccc(C(=O)C=CC(=O)O)cc1. The molecule has 2 aromatic rings. The Morgan fingerprint density at radius 2 is 1.77 bits per heavy atom. The van der Waals surface area contributed by atoms with E-state index >= 15 is 0 Å². The van der Waals surface area contributed by atoms with Crippen molar-refractivity contribution in [2.24, 2.45) is 0 Å². The highest BCUT2D eigenvalue weighted by atomic mass is 35.5. The van der Waals surface area contributed by atoms with Gasteiger partial charge < -0.3 is 9.84 Å². The van der Waals surface area contributed by atoms with E-state index in [9.17, 15) is 9.59 Å². The number of ketones is 1. The number of allylic oxidation sites excluding steroid dienone is 1. The largest absolute Gasteiger partial charge is 0.478 e. The third-order valence-corrected chi connectivity index (χ3v) is 3.12. The van der Waals surface area contributed by atoms with Crippen LogP contribution >= 0.6 is 11.6 Å². The van der Waals surface area contributed by atoms with Gasteiger partial charge in [0.05, 0.1) is 0 Å². The Hall–Kier alpha value is -2.59. The van der Waals surface area contributed by atoms with Crippen molar-refractivity contribution in [2.75, 3.05) is 0 Å². The molecule has 0 saturated carbocycles. The summed E-state index contributed by atoms with van der Waals surface area (Å²) in [5, 5.41) is 9.13. The first-order valence-corrected chi connectivity index (χ1v) is 6.83. The second kappa shape index (κ2) is 6.91. The monoisotopic (exact) mass is 316 g/mol. The third-order valence-electron chi connectivity index (χ3n) is 2.88. The molecule has 2 rings (SSSR count). The molecule has 5 heteroatoms. The molecule has 0 aliphatic heterocycles. The molecule has 22 heavy (non-hydrogen) atoms. The number of carboxylic acid groups (broad SMARTS) is 1. The highest BCUT2D eigenvalue weighted by Crippen LogP contribution is 2.27. The maximum atomic E-state index is 11.7. The van der Waals surface area contributed by atoms with Gasteiger partial charge in [0.25, 0.3) is 0 Å². The highest BCUT2D eigenvalue weighted by Gasteiger charge is 2.05. The number of aliphatic carboxylic acids is 1. The fraction of sp³-hybridized carbons (Fsp3) is 0.0588. The lowest BCUT2D eigenvalue weighted by molar-refractivity contribution is -0.131. The molecule has 0 aromatic heterocycles. The van der Waals surface area contributed by atoms with Crippen molar-refractivity contribution in [2.45, 2.75) is 6.92 Å². The summed E-state index contributed by atoms with van der Waals surface area (Å²) in [7, 11) is 0. The van der Waals surface area contributed by atoms with E-state index in [4.69, 9.17) is 21.4 Å². The van der Waals surface area contributed by atoms with Gasteiger partial charge in [0.2, 0.25) is 0 Å². The molecular formula is C17H13ClO4. The number of carbonyl (C=O) groups excluding carboxylic acids is 1. The number of hydrogen-bond acceptors (Lipinski definition) is 3. The zero-order valence-corrected chi connectivity index (χ0v) is 12.5. The maximum absolute atomic E-state index is 11.7. The van der Waals surface area contributed by atoms with Crippen molar-refractivity contribution < 1.29 is 19.4 Å². The molecule has 0 spiro atoms. The van der Waals surface area contributed by atoms with Crippen LogP contribution in [-0.4, -0.2) is 16.9 Å². The van der Waals surface area contributed by atoms with Gasteiger partial charge in [-0.15, -0.1) is 0 Å². The van der Waals surface area contributed by atoms with Crippen LogP contribution in [0.1, 0.15) is 15.9 Å². The van der Waals surface area contributed by atoms with Crippen molar-refractivity contribution >= 4 is 23.4 Å². The van der Waals surface area contributed by atoms with E-state index < -0.39 is 5.97 Å². The molecule has 112 valence electrons. The summed E-state index contributed by atoms with van der Waals surface area (Å²) in [5.41, 5.74) is 1.29. The Morgan fingerprint density at radius 1 is 1.09 bits per heavy atom. The van der Waals surface area contributed by atoms with E-state index in [0.717, 1.165) is 17.7 Å². The van der Waals surface area contributed by atoms with Crippen molar-refractivity contribution in [3.63, 3.8) is 0 Å². The Morgan fingerprint density at radius 3 is 2.36 bits per heavy atom. The lowest BCUT2D eigenvalue weighted by Crippen LogP contribution is -1.96. The lowest BCUT2D eigenvalue weighted by Gasteiger charge is -2.09. The minimum atomic E-state index is -1.16. The second-order valence-corrected chi connectivity index (χ2v) is 5.01. The normalized spacial score (nSPS) is 10.6. The summed E-state index contributed by atoms with van der Waals surface area (Å²) in [6.45, 7) is 1.88. The summed E-state index contributed by atoms with van der Waals surface area (Å²) in [4.78, 5) is 22.1. The predicted octanol–water partition coefficient (Wildman–Crippen LogP) is 4.26. The molecule has 0 saturated heterocycles. The molecule has 0 radical (unpaired) electrons. The summed E-state index contributed by atoms with van der Waals surface area (Å²) in [6.07, 6.45) is 1.82. The first-order chi connectivity index (χ1) is 10.5. The van der Waals surface area contributed by atoms with Crippen LogP contribution < -0.4 is 4.74 Å². The van der Waals surface area contributed by atoms with Gasteiger partial charge in [-0.25, -0.2) is 4.79 Å². The molecule has 0 atom stereocenters. The fourth-order valence-corrected chi connectivity index (χ4v) is 2.01. The average molecular weight is 317 g/mol. The van der Waals surface area contributed by atoms with E-state index in [1.54, 1.807) is 42.5 Å². The number of ether oxygens (including phenoxy) is 1. The van der Waals surface area contributed by atoms with E-state index in [-0.39, 0.29) is 5.78 Å². The molecule has 0 fully saturated rings. The van der Waals surface area contributed by atoms with E-state index in [1.807, 2.05) is 6.92 Å². The van der Waals surface area contributed by atoms with E-state index in [0.29, 0.717) is 22.1 Å². The summed E-state index contributed by atoms with van der Waals surface area (Å²) in [5.74, 6) is -0.290. The Balaban J connectivity index is 2.12. The molecule has 1 N–H and O–H groups in total. The fourth-order valence-electron chi connectivity index (χ4n) is 1.78. The van der Waals surface area contributed by atoms with Gasteiger partial charge in [-0.3, -0.25) is 4.79 Å². The zero-order valence-electron chi connectivity index (χ0n) is 11.7. The van der Waals surface area contributed by atoms with Gasteiger partial charge in [-0.2, -0.15) is 0 Å². The van der Waals surface area contributed by atoms with Crippen molar-refractivity contribution in [3.05, 3.63) is 70.8 Å². The minimum absolute atomic E-state index is 0.378. The van der Waals surface area contributed by atoms with Gasteiger partial charge in [0.15, 0.2) is 5.78 Å². The van der Waals surface area contributed by atoms with Crippen molar-refractivity contribution in [3.8, 4) is 11.5 Å². The standard InChI is InChI=1S/C17H13ClO4/c1-11-10-13(18)4-8-16(11)22-14-5-2-12(3-6-14)15(19)7-9-17(20)21/h2-10H,1H3,(H,20,21). The molecule has 0 amide bonds. The van der Waals surface area contributed by atoms with Crippen LogP contribution in [0.25, 0.3) is 0 Å². The van der Waals surface area contributed by atoms with Crippen LogP contribution in [0, 0.1) is 6.92 Å². The molecule has 0 bridgehead atoms.